The van der Waals surface area contributed by atoms with E-state index in [1.54, 1.807) is 0 Å². The SMILES string of the molecule is [2H]c1c([2H])c([2H])c(-c2c([2H])c([2H])c([2H])c3sc4c([2H])c(-c5nc(-c6ccccc6)nc(-c6ccc(-c7ccc(-c8ccccc8)cc7)cc6)n5)c([2H])c([2H])c4c23)c([2H])c1[2H]. The highest BCUT2D eigenvalue weighted by molar-refractivity contribution is 7.26. The molecular formula is C45H29N3S. The largest absolute Gasteiger partial charge is 0.208 e. The molecular weight excluding hydrogens is 615 g/mol. The molecule has 0 aliphatic heterocycles. The Morgan fingerprint density at radius 3 is 1.51 bits per heavy atom. The van der Waals surface area contributed by atoms with Crippen molar-refractivity contribution in [3.8, 4) is 67.5 Å². The Kier molecular flexibility index (Phi) is 4.96. The third-order valence-corrected chi connectivity index (χ3v) is 9.20. The number of hydrogen-bond acceptors (Lipinski definition) is 4. The monoisotopic (exact) mass is 654 g/mol. The maximum absolute atomic E-state index is 9.52. The highest BCUT2D eigenvalue weighted by atomic mass is 32.1. The van der Waals surface area contributed by atoms with E-state index in [2.05, 4.69) is 36.4 Å². The second-order valence-electron chi connectivity index (χ2n) is 11.2. The van der Waals surface area contributed by atoms with Gasteiger partial charge in [0.05, 0.1) is 15.1 Å². The zero-order valence-electron chi connectivity index (χ0n) is 36.6. The van der Waals surface area contributed by atoms with Crippen LogP contribution in [0.2, 0.25) is 0 Å². The van der Waals surface area contributed by atoms with Gasteiger partial charge in [-0.2, -0.15) is 0 Å². The quantitative estimate of drug-likeness (QED) is 0.179. The van der Waals surface area contributed by atoms with Crippen molar-refractivity contribution in [2.45, 2.75) is 0 Å². The third-order valence-electron chi connectivity index (χ3n) is 8.18. The zero-order chi connectivity index (χ0) is 42.1. The predicted molar refractivity (Wildman–Crippen MR) is 205 cm³/mol. The van der Waals surface area contributed by atoms with Crippen LogP contribution < -0.4 is 0 Å². The Hall–Kier alpha value is -6.23. The van der Waals surface area contributed by atoms with Crippen molar-refractivity contribution in [3.05, 3.63) is 176 Å². The minimum atomic E-state index is -0.651. The van der Waals surface area contributed by atoms with Gasteiger partial charge in [-0.15, -0.1) is 11.3 Å². The van der Waals surface area contributed by atoms with Gasteiger partial charge in [-0.25, -0.2) is 15.0 Å². The van der Waals surface area contributed by atoms with Crippen molar-refractivity contribution in [3.63, 3.8) is 0 Å². The number of hydrogen-bond donors (Lipinski definition) is 0. The lowest BCUT2D eigenvalue weighted by molar-refractivity contribution is 1.07. The Morgan fingerprint density at radius 2 is 0.898 bits per heavy atom. The summed E-state index contributed by atoms with van der Waals surface area (Å²) < 4.78 is 96.8. The van der Waals surface area contributed by atoms with Crippen LogP contribution in [-0.4, -0.2) is 15.0 Å². The molecule has 2 aromatic heterocycles. The standard InChI is InChI=1S/C45H29N3S/c1-4-11-30(12-5-1)31-19-21-32(22-20-31)33-23-25-36(26-24-33)44-46-43(35-15-8-3-9-16-35)47-45(48-44)37-27-28-39-41(29-37)49-40-18-10-17-38(42(39)40)34-13-6-2-7-14-34/h1-29H/i2D,6D,7D,10D,13D,14D,17D,18D,27D,28D,29D. The van der Waals surface area contributed by atoms with Gasteiger partial charge in [-0.05, 0) is 45.5 Å². The van der Waals surface area contributed by atoms with E-state index in [1.807, 2.05) is 72.8 Å². The number of benzene rings is 7. The van der Waals surface area contributed by atoms with E-state index in [1.165, 1.54) is 0 Å². The molecule has 230 valence electrons. The molecule has 2 heterocycles. The summed E-state index contributed by atoms with van der Waals surface area (Å²) in [7, 11) is 0. The molecule has 9 aromatic rings. The molecule has 0 atom stereocenters. The smallest absolute Gasteiger partial charge is 0.164 e. The van der Waals surface area contributed by atoms with Gasteiger partial charge in [0.2, 0.25) is 0 Å². The molecule has 0 amide bonds. The van der Waals surface area contributed by atoms with E-state index in [0.29, 0.717) is 11.1 Å². The van der Waals surface area contributed by atoms with E-state index < -0.39 is 54.4 Å². The molecule has 0 N–H and O–H groups in total. The molecule has 9 rings (SSSR count). The average Bonchev–Trinajstić information content (AvgIpc) is 3.69. The lowest BCUT2D eigenvalue weighted by Crippen LogP contribution is -2.00. The predicted octanol–water partition coefficient (Wildman–Crippen LogP) is 12.2. The van der Waals surface area contributed by atoms with Crippen molar-refractivity contribution < 1.29 is 15.1 Å². The number of aromatic nitrogens is 3. The van der Waals surface area contributed by atoms with Gasteiger partial charge in [0, 0.05) is 36.9 Å². The van der Waals surface area contributed by atoms with Crippen LogP contribution >= 0.6 is 11.3 Å². The van der Waals surface area contributed by atoms with Gasteiger partial charge in [0.15, 0.2) is 17.5 Å². The van der Waals surface area contributed by atoms with Gasteiger partial charge in [0.1, 0.15) is 0 Å². The summed E-state index contributed by atoms with van der Waals surface area (Å²) in [6, 6.07) is 29.5. The maximum Gasteiger partial charge on any atom is 0.164 e. The first kappa shape index (κ1) is 19.6. The van der Waals surface area contributed by atoms with Crippen molar-refractivity contribution >= 4 is 31.5 Å². The minimum Gasteiger partial charge on any atom is -0.208 e. The van der Waals surface area contributed by atoms with Crippen LogP contribution in [0.1, 0.15) is 15.1 Å². The molecule has 7 aromatic carbocycles. The number of thiophene rings is 1. The van der Waals surface area contributed by atoms with E-state index in [0.717, 1.165) is 33.6 Å². The Morgan fingerprint density at radius 1 is 0.388 bits per heavy atom. The van der Waals surface area contributed by atoms with Crippen molar-refractivity contribution in [2.75, 3.05) is 0 Å². The van der Waals surface area contributed by atoms with Crippen LogP contribution in [0.5, 0.6) is 0 Å². The van der Waals surface area contributed by atoms with Gasteiger partial charge < -0.3 is 0 Å². The lowest BCUT2D eigenvalue weighted by atomic mass is 9.99. The average molecular weight is 655 g/mol. The molecule has 0 fully saturated rings. The number of nitrogens with zero attached hydrogens (tertiary/aromatic N) is 3. The summed E-state index contributed by atoms with van der Waals surface area (Å²) in [5.74, 6) is 0.496. The van der Waals surface area contributed by atoms with Crippen molar-refractivity contribution in [1.82, 2.24) is 15.0 Å². The Balaban J connectivity index is 1.23. The minimum absolute atomic E-state index is 0.00538. The molecule has 0 bridgehead atoms. The molecule has 49 heavy (non-hydrogen) atoms. The molecule has 0 unspecified atom stereocenters. The summed E-state index contributed by atoms with van der Waals surface area (Å²) >= 11 is 0.896. The number of fused-ring (bicyclic) bond motifs is 3. The van der Waals surface area contributed by atoms with Crippen LogP contribution in [0.4, 0.5) is 0 Å². The normalized spacial score (nSPS) is 14.4. The van der Waals surface area contributed by atoms with E-state index in [-0.39, 0.29) is 66.4 Å². The molecule has 4 heteroatoms. The molecule has 3 nitrogen and oxygen atoms in total. The first-order chi connectivity index (χ1) is 28.8. The fourth-order valence-corrected chi connectivity index (χ4v) is 6.77. The summed E-state index contributed by atoms with van der Waals surface area (Å²) in [4.78, 5) is 14.3. The second-order valence-corrected chi connectivity index (χ2v) is 12.2. The van der Waals surface area contributed by atoms with Crippen LogP contribution in [-0.2, 0) is 0 Å². The fourth-order valence-electron chi connectivity index (χ4n) is 5.75. The van der Waals surface area contributed by atoms with Crippen molar-refractivity contribution in [2.24, 2.45) is 0 Å². The lowest BCUT2D eigenvalue weighted by Gasteiger charge is -2.10. The first-order valence-corrected chi connectivity index (χ1v) is 16.3. The van der Waals surface area contributed by atoms with Crippen LogP contribution in [0.3, 0.4) is 0 Å². The van der Waals surface area contributed by atoms with E-state index >= 15 is 0 Å². The van der Waals surface area contributed by atoms with Gasteiger partial charge >= 0.3 is 0 Å². The summed E-state index contributed by atoms with van der Waals surface area (Å²) in [6.45, 7) is 0. The third kappa shape index (κ3) is 5.58. The molecule has 0 saturated heterocycles. The van der Waals surface area contributed by atoms with Gasteiger partial charge in [-0.3, -0.25) is 0 Å². The summed E-state index contributed by atoms with van der Waals surface area (Å²) in [6.07, 6.45) is 0. The number of rotatable bonds is 6. The topological polar surface area (TPSA) is 38.7 Å². The van der Waals surface area contributed by atoms with Gasteiger partial charge in [-0.1, -0.05) is 164 Å². The van der Waals surface area contributed by atoms with Crippen LogP contribution in [0.15, 0.2) is 176 Å². The fraction of sp³-hybridized carbons (Fsp3) is 0. The second kappa shape index (κ2) is 12.4. The van der Waals surface area contributed by atoms with Crippen LogP contribution in [0.25, 0.3) is 87.7 Å². The van der Waals surface area contributed by atoms with Crippen molar-refractivity contribution in [1.29, 1.82) is 0 Å². The summed E-state index contributed by atoms with van der Waals surface area (Å²) in [5, 5.41) is -0.0169. The highest BCUT2D eigenvalue weighted by Crippen LogP contribution is 2.41. The molecule has 0 aliphatic rings. The Bertz CT molecular complexity index is 3170. The zero-order valence-corrected chi connectivity index (χ0v) is 26.5. The van der Waals surface area contributed by atoms with E-state index in [9.17, 15) is 4.11 Å². The first-order valence-electron chi connectivity index (χ1n) is 21.0. The maximum atomic E-state index is 9.52. The Labute approximate surface area is 304 Å². The van der Waals surface area contributed by atoms with Crippen LogP contribution in [0, 0.1) is 0 Å². The highest BCUT2D eigenvalue weighted by Gasteiger charge is 2.16. The van der Waals surface area contributed by atoms with E-state index in [4.69, 9.17) is 25.9 Å². The molecule has 0 saturated carbocycles. The molecule has 0 aliphatic carbocycles. The molecule has 0 radical (unpaired) electrons. The van der Waals surface area contributed by atoms with Gasteiger partial charge in [0.25, 0.3) is 0 Å². The molecule has 0 spiro atoms. The summed E-state index contributed by atoms with van der Waals surface area (Å²) in [5.41, 5.74) is 4.82.